The Morgan fingerprint density at radius 2 is 2.18 bits per heavy atom. The average molecular weight is 304 g/mol. The van der Waals surface area contributed by atoms with E-state index >= 15 is 0 Å². The van der Waals surface area contributed by atoms with Gasteiger partial charge in [0.15, 0.2) is 0 Å². The van der Waals surface area contributed by atoms with E-state index in [-0.39, 0.29) is 5.41 Å². The predicted octanol–water partition coefficient (Wildman–Crippen LogP) is -0.390. The summed E-state index contributed by atoms with van der Waals surface area (Å²) in [5, 5.41) is 6.35. The number of hydrogen-bond acceptors (Lipinski definition) is 5. The lowest BCUT2D eigenvalue weighted by Gasteiger charge is -2.23. The summed E-state index contributed by atoms with van der Waals surface area (Å²) in [6.07, 6.45) is 3.10. The van der Waals surface area contributed by atoms with Crippen LogP contribution in [-0.4, -0.2) is 30.6 Å². The first kappa shape index (κ1) is 15.8. The minimum atomic E-state index is -0.345. The van der Waals surface area contributed by atoms with Gasteiger partial charge in [0.05, 0.1) is 5.41 Å². The first-order valence-corrected chi connectivity index (χ1v) is 6.85. The van der Waals surface area contributed by atoms with E-state index in [1.54, 1.807) is 13.1 Å². The van der Waals surface area contributed by atoms with Crippen LogP contribution in [0.5, 0.6) is 0 Å². The van der Waals surface area contributed by atoms with Gasteiger partial charge in [0.25, 0.3) is 0 Å². The number of hydrogen-bond donors (Lipinski definition) is 4. The van der Waals surface area contributed by atoms with Crippen LogP contribution in [0.4, 0.5) is 5.69 Å². The molecule has 0 aromatic heterocycles. The summed E-state index contributed by atoms with van der Waals surface area (Å²) < 4.78 is 0. The third-order valence-electron chi connectivity index (χ3n) is 3.92. The predicted molar refractivity (Wildman–Crippen MR) is 83.5 cm³/mol. The Balaban J connectivity index is 2.45. The van der Waals surface area contributed by atoms with Gasteiger partial charge in [0, 0.05) is 19.3 Å². The molecule has 1 fully saturated rings. The number of nitrogens with zero attached hydrogens (tertiary/aromatic N) is 2. The third-order valence-corrected chi connectivity index (χ3v) is 3.92. The number of rotatable bonds is 7. The van der Waals surface area contributed by atoms with Crippen molar-refractivity contribution in [1.29, 1.82) is 0 Å². The molecule has 8 nitrogen and oxygen atoms in total. The second kappa shape index (κ2) is 6.44. The van der Waals surface area contributed by atoms with Crippen LogP contribution in [0.1, 0.15) is 24.0 Å². The van der Waals surface area contributed by atoms with Crippen molar-refractivity contribution >= 4 is 24.3 Å². The van der Waals surface area contributed by atoms with Gasteiger partial charge in [-0.1, -0.05) is 6.07 Å². The van der Waals surface area contributed by atoms with E-state index in [1.165, 1.54) is 4.90 Å². The van der Waals surface area contributed by atoms with Gasteiger partial charge in [-0.25, -0.2) is 5.84 Å². The zero-order valence-corrected chi connectivity index (χ0v) is 12.4. The number of amidine groups is 1. The normalized spacial score (nSPS) is 15.8. The quantitative estimate of drug-likeness (QED) is 0.179. The molecular formula is C14H20N6O2. The summed E-state index contributed by atoms with van der Waals surface area (Å²) in [4.78, 5) is 23.1. The Morgan fingerprint density at radius 1 is 1.45 bits per heavy atom. The van der Waals surface area contributed by atoms with Crippen LogP contribution in [0.15, 0.2) is 23.3 Å². The number of hydrazone groups is 1. The van der Waals surface area contributed by atoms with E-state index in [0.29, 0.717) is 24.5 Å². The summed E-state index contributed by atoms with van der Waals surface area (Å²) in [5.74, 6) is 11.5. The van der Waals surface area contributed by atoms with Gasteiger partial charge in [-0.05, 0) is 36.1 Å². The molecule has 0 radical (unpaired) electrons. The van der Waals surface area contributed by atoms with E-state index in [2.05, 4.69) is 15.8 Å². The molecule has 1 saturated carbocycles. The highest BCUT2D eigenvalue weighted by Gasteiger charge is 2.50. The summed E-state index contributed by atoms with van der Waals surface area (Å²) in [5.41, 5.74) is 4.79. The van der Waals surface area contributed by atoms with Crippen molar-refractivity contribution < 1.29 is 9.59 Å². The fraction of sp³-hybridized carbons (Fsp3) is 0.357. The van der Waals surface area contributed by atoms with Gasteiger partial charge >= 0.3 is 0 Å². The fourth-order valence-electron chi connectivity index (χ4n) is 2.71. The molecule has 22 heavy (non-hydrogen) atoms. The number of nitrogens with two attached hydrogens (primary N) is 2. The molecule has 0 aliphatic heterocycles. The number of carbonyl (C=O) groups excluding carboxylic acids is 2. The topological polar surface area (TPSA) is 126 Å². The molecule has 0 spiro atoms. The Morgan fingerprint density at radius 3 is 2.68 bits per heavy atom. The van der Waals surface area contributed by atoms with E-state index in [1.807, 2.05) is 12.1 Å². The SMILES string of the molecule is CN(C=O)Cc1cc(NC=O)ccc1C1(/C(=N/N)NN)CC1. The summed E-state index contributed by atoms with van der Waals surface area (Å²) in [6, 6.07) is 5.56. The highest BCUT2D eigenvalue weighted by Crippen LogP contribution is 2.50. The number of anilines is 1. The van der Waals surface area contributed by atoms with Crippen molar-refractivity contribution in [2.45, 2.75) is 24.8 Å². The fourth-order valence-corrected chi connectivity index (χ4v) is 2.71. The van der Waals surface area contributed by atoms with E-state index in [9.17, 15) is 9.59 Å². The van der Waals surface area contributed by atoms with E-state index in [0.717, 1.165) is 30.4 Å². The lowest BCUT2D eigenvalue weighted by molar-refractivity contribution is -0.117. The lowest BCUT2D eigenvalue weighted by Crippen LogP contribution is -2.41. The zero-order valence-electron chi connectivity index (χ0n) is 12.4. The Bertz CT molecular complexity index is 597. The van der Waals surface area contributed by atoms with Crippen molar-refractivity contribution in [3.8, 4) is 0 Å². The molecule has 6 N–H and O–H groups in total. The molecule has 118 valence electrons. The maximum Gasteiger partial charge on any atom is 0.211 e. The summed E-state index contributed by atoms with van der Waals surface area (Å²) in [7, 11) is 1.69. The maximum atomic E-state index is 10.9. The maximum absolute atomic E-state index is 10.9. The summed E-state index contributed by atoms with van der Waals surface area (Å²) >= 11 is 0. The first-order chi connectivity index (χ1) is 10.6. The van der Waals surface area contributed by atoms with Crippen LogP contribution in [-0.2, 0) is 21.5 Å². The first-order valence-electron chi connectivity index (χ1n) is 6.85. The molecule has 1 aromatic carbocycles. The molecule has 0 bridgehead atoms. The van der Waals surface area contributed by atoms with Gasteiger partial charge in [-0.3, -0.25) is 9.59 Å². The molecule has 8 heteroatoms. The van der Waals surface area contributed by atoms with Crippen LogP contribution in [0.2, 0.25) is 0 Å². The van der Waals surface area contributed by atoms with Crippen molar-refractivity contribution in [3.63, 3.8) is 0 Å². The molecule has 0 saturated heterocycles. The molecule has 0 heterocycles. The van der Waals surface area contributed by atoms with Gasteiger partial charge in [0.1, 0.15) is 5.84 Å². The number of hydrazine groups is 1. The molecule has 1 aliphatic carbocycles. The van der Waals surface area contributed by atoms with Gasteiger partial charge in [-0.15, -0.1) is 0 Å². The third kappa shape index (κ3) is 2.86. The lowest BCUT2D eigenvalue weighted by atomic mass is 9.89. The standard InChI is InChI=1S/C14H20N6O2/c1-20(9-22)7-10-6-11(17-8-21)2-3-12(10)14(4-5-14)13(18-15)19-16/h2-3,6,8-9H,4-5,7,15-16H2,1H3,(H,17,21)(H,18,19). The molecule has 2 amide bonds. The molecule has 1 aliphatic rings. The van der Waals surface area contributed by atoms with Crippen LogP contribution >= 0.6 is 0 Å². The van der Waals surface area contributed by atoms with Crippen molar-refractivity contribution in [1.82, 2.24) is 10.3 Å². The van der Waals surface area contributed by atoms with Crippen LogP contribution in [0, 0.1) is 0 Å². The number of nitrogens with one attached hydrogen (secondary N) is 2. The van der Waals surface area contributed by atoms with Gasteiger partial charge in [-0.2, -0.15) is 5.10 Å². The van der Waals surface area contributed by atoms with E-state index < -0.39 is 0 Å². The number of carbonyl (C=O) groups is 2. The average Bonchev–Trinajstić information content (AvgIpc) is 3.30. The molecular weight excluding hydrogens is 284 g/mol. The van der Waals surface area contributed by atoms with Crippen LogP contribution < -0.4 is 22.4 Å². The second-order valence-electron chi connectivity index (χ2n) is 5.36. The molecule has 0 unspecified atom stereocenters. The number of benzene rings is 1. The van der Waals surface area contributed by atoms with E-state index in [4.69, 9.17) is 11.7 Å². The Hall–Kier alpha value is -2.61. The minimum Gasteiger partial charge on any atom is -0.344 e. The zero-order chi connectivity index (χ0) is 16.2. The van der Waals surface area contributed by atoms with Crippen LogP contribution in [0.25, 0.3) is 0 Å². The smallest absolute Gasteiger partial charge is 0.211 e. The molecule has 0 atom stereocenters. The van der Waals surface area contributed by atoms with Crippen LogP contribution in [0.3, 0.4) is 0 Å². The Kier molecular flexibility index (Phi) is 4.62. The monoisotopic (exact) mass is 304 g/mol. The highest BCUT2D eigenvalue weighted by atomic mass is 16.1. The molecule has 2 rings (SSSR count). The summed E-state index contributed by atoms with van der Waals surface area (Å²) in [6.45, 7) is 0.414. The Labute approximate surface area is 128 Å². The minimum absolute atomic E-state index is 0.345. The molecule has 1 aromatic rings. The number of amides is 2. The van der Waals surface area contributed by atoms with Crippen molar-refractivity contribution in [2.24, 2.45) is 16.8 Å². The van der Waals surface area contributed by atoms with Gasteiger partial charge in [0.2, 0.25) is 12.8 Å². The highest BCUT2D eigenvalue weighted by molar-refractivity contribution is 5.95. The van der Waals surface area contributed by atoms with Crippen molar-refractivity contribution in [2.75, 3.05) is 12.4 Å². The van der Waals surface area contributed by atoms with Gasteiger partial charge < -0.3 is 21.5 Å². The van der Waals surface area contributed by atoms with Crippen molar-refractivity contribution in [3.05, 3.63) is 29.3 Å². The second-order valence-corrected chi connectivity index (χ2v) is 5.36. The largest absolute Gasteiger partial charge is 0.344 e.